The molecule has 0 bridgehead atoms. The number of hydrogen-bond acceptors (Lipinski definition) is 5. The molecule has 1 aliphatic heterocycles. The van der Waals surface area contributed by atoms with Crippen molar-refractivity contribution in [3.8, 4) is 11.5 Å². The van der Waals surface area contributed by atoms with E-state index >= 15 is 0 Å². The fraction of sp³-hybridized carbons (Fsp3) is 0.321. The quantitative estimate of drug-likeness (QED) is 0.128. The molecule has 0 amide bonds. The molecular weight excluding hydrogens is 904 g/mol. The second-order valence-electron chi connectivity index (χ2n) is 20.3. The standard InChI is InChI=1S/C53H52N4O.Pt/c1-49(2,3)33-17-23-41-37(29-33)53(38-30-34(50(4,5)6)18-24-42(38)58-41,45-25-15-31-13-21-39-35(47(31)56-45)19-27-43(54-39)51(7,8)9)46-26-16-32-14-22-40-36(48(32)57-46)20-28-44(55-40)52(10,11)12;/h13-18,21-30H,1-12H3;/q-2;+2. The molecule has 5 heterocycles. The molecule has 0 fully saturated rings. The van der Waals surface area contributed by atoms with Crippen molar-refractivity contribution >= 4 is 43.6 Å². The summed E-state index contributed by atoms with van der Waals surface area (Å²) >= 11 is 0. The van der Waals surface area contributed by atoms with Gasteiger partial charge in [0.05, 0.1) is 11.4 Å². The van der Waals surface area contributed by atoms with Crippen LogP contribution in [0.15, 0.2) is 97.1 Å². The van der Waals surface area contributed by atoms with E-state index in [0.29, 0.717) is 0 Å². The molecule has 0 aliphatic carbocycles. The van der Waals surface area contributed by atoms with Crippen molar-refractivity contribution < 1.29 is 25.8 Å². The number of pyridine rings is 4. The minimum Gasteiger partial charge on any atom is -0.457 e. The normalized spacial score (nSPS) is 14.2. The van der Waals surface area contributed by atoms with Crippen molar-refractivity contribution in [1.82, 2.24) is 19.9 Å². The molecule has 8 aromatic rings. The van der Waals surface area contributed by atoms with Gasteiger partial charge in [0, 0.05) is 11.1 Å². The van der Waals surface area contributed by atoms with E-state index in [1.807, 2.05) is 12.1 Å². The Morgan fingerprint density at radius 3 is 1.22 bits per heavy atom. The number of benzene rings is 4. The van der Waals surface area contributed by atoms with Crippen molar-refractivity contribution in [1.29, 1.82) is 0 Å². The Morgan fingerprint density at radius 2 is 0.847 bits per heavy atom. The van der Waals surface area contributed by atoms with Gasteiger partial charge in [-0.3, -0.25) is 9.97 Å². The summed E-state index contributed by atoms with van der Waals surface area (Å²) in [5.74, 6) is 1.57. The minimum atomic E-state index is -0.990. The topological polar surface area (TPSA) is 60.8 Å². The maximum absolute atomic E-state index is 6.93. The van der Waals surface area contributed by atoms with Gasteiger partial charge in [-0.05, 0) is 113 Å². The summed E-state index contributed by atoms with van der Waals surface area (Å²) in [4.78, 5) is 21.8. The van der Waals surface area contributed by atoms with Gasteiger partial charge in [0.25, 0.3) is 0 Å². The summed E-state index contributed by atoms with van der Waals surface area (Å²) in [5, 5.41) is 3.85. The van der Waals surface area contributed by atoms with Crippen LogP contribution in [0.2, 0.25) is 0 Å². The molecule has 4 aromatic heterocycles. The van der Waals surface area contributed by atoms with Gasteiger partial charge in [-0.25, -0.2) is 0 Å². The van der Waals surface area contributed by atoms with Crippen LogP contribution in [0.1, 0.15) is 128 Å². The number of rotatable bonds is 2. The van der Waals surface area contributed by atoms with Crippen LogP contribution in [0.4, 0.5) is 0 Å². The smallest absolute Gasteiger partial charge is 0.457 e. The average molecular weight is 956 g/mol. The Morgan fingerprint density at radius 1 is 0.458 bits per heavy atom. The zero-order chi connectivity index (χ0) is 41.2. The zero-order valence-electron chi connectivity index (χ0n) is 36.3. The Kier molecular flexibility index (Phi) is 9.52. The van der Waals surface area contributed by atoms with E-state index in [1.165, 1.54) is 11.1 Å². The predicted molar refractivity (Wildman–Crippen MR) is 239 cm³/mol. The van der Waals surface area contributed by atoms with Crippen LogP contribution in [0.3, 0.4) is 0 Å². The molecule has 6 heteroatoms. The monoisotopic (exact) mass is 955 g/mol. The SMILES string of the molecule is CC(C)(C)c1ccc2c(c1)C(c1ccc3ccc4nc(C(C)(C)C)c[c-]c4c3n1)(c1ccc3ccc4nc(C(C)(C)C)c[c-]c4c3n1)c1cc(C(C)(C)C)ccc1O2.[Pt+2]. The molecule has 0 saturated heterocycles. The van der Waals surface area contributed by atoms with Crippen LogP contribution in [0.5, 0.6) is 11.5 Å². The van der Waals surface area contributed by atoms with Gasteiger partial charge in [-0.15, -0.1) is 24.3 Å². The molecule has 0 N–H and O–H groups in total. The van der Waals surface area contributed by atoms with Crippen molar-refractivity contribution in [3.05, 3.63) is 154 Å². The van der Waals surface area contributed by atoms with Gasteiger partial charge in [0.2, 0.25) is 0 Å². The average Bonchev–Trinajstić information content (AvgIpc) is 3.17. The van der Waals surface area contributed by atoms with Crippen LogP contribution >= 0.6 is 0 Å². The first-order chi connectivity index (χ1) is 27.2. The molecule has 0 spiro atoms. The van der Waals surface area contributed by atoms with Crippen LogP contribution in [0, 0.1) is 12.1 Å². The zero-order valence-corrected chi connectivity index (χ0v) is 38.5. The maximum Gasteiger partial charge on any atom is 2.00 e. The van der Waals surface area contributed by atoms with E-state index in [2.05, 4.69) is 180 Å². The second-order valence-corrected chi connectivity index (χ2v) is 20.3. The van der Waals surface area contributed by atoms with Crippen molar-refractivity contribution in [2.75, 3.05) is 0 Å². The van der Waals surface area contributed by atoms with Crippen molar-refractivity contribution in [3.63, 3.8) is 0 Å². The third-order valence-corrected chi connectivity index (χ3v) is 11.9. The molecule has 4 aromatic carbocycles. The van der Waals surface area contributed by atoms with Crippen LogP contribution in [0.25, 0.3) is 43.6 Å². The molecule has 0 radical (unpaired) electrons. The van der Waals surface area contributed by atoms with E-state index in [1.54, 1.807) is 0 Å². The van der Waals surface area contributed by atoms with E-state index in [4.69, 9.17) is 24.7 Å². The first-order valence-corrected chi connectivity index (χ1v) is 20.5. The summed E-state index contributed by atoms with van der Waals surface area (Å²) in [6.45, 7) is 26.7. The van der Waals surface area contributed by atoms with Crippen LogP contribution in [-0.2, 0) is 48.1 Å². The number of nitrogens with zero attached hydrogens (tertiary/aromatic N) is 4. The molecule has 0 saturated carbocycles. The molecule has 0 unspecified atom stereocenters. The van der Waals surface area contributed by atoms with E-state index < -0.39 is 5.41 Å². The third-order valence-electron chi connectivity index (χ3n) is 11.9. The molecular formula is C53H52N4OPt. The molecule has 59 heavy (non-hydrogen) atoms. The summed E-state index contributed by atoms with van der Waals surface area (Å²) in [7, 11) is 0. The molecule has 9 rings (SSSR count). The van der Waals surface area contributed by atoms with E-state index in [9.17, 15) is 0 Å². The number of ether oxygens (including phenoxy) is 1. The van der Waals surface area contributed by atoms with E-state index in [0.717, 1.165) is 89.0 Å². The maximum atomic E-state index is 6.93. The third kappa shape index (κ3) is 6.74. The van der Waals surface area contributed by atoms with Gasteiger partial charge in [0.1, 0.15) is 16.9 Å². The fourth-order valence-electron chi connectivity index (χ4n) is 8.32. The fourth-order valence-corrected chi connectivity index (χ4v) is 8.32. The first-order valence-electron chi connectivity index (χ1n) is 20.5. The number of fused-ring (bicyclic) bond motifs is 8. The van der Waals surface area contributed by atoms with Gasteiger partial charge < -0.3 is 14.7 Å². The summed E-state index contributed by atoms with van der Waals surface area (Å²) in [6.07, 6.45) is 0. The largest absolute Gasteiger partial charge is 2.00 e. The molecule has 5 nitrogen and oxygen atoms in total. The first kappa shape index (κ1) is 40.8. The minimum absolute atomic E-state index is 0. The Balaban J connectivity index is 0.00000484. The summed E-state index contributed by atoms with van der Waals surface area (Å²) in [5.41, 5.74) is 10.1. The Bertz CT molecular complexity index is 2770. The summed E-state index contributed by atoms with van der Waals surface area (Å²) in [6, 6.07) is 41.9. The summed E-state index contributed by atoms with van der Waals surface area (Å²) < 4.78 is 6.93. The van der Waals surface area contributed by atoms with Crippen molar-refractivity contribution in [2.45, 2.75) is 110 Å². The van der Waals surface area contributed by atoms with Gasteiger partial charge in [0.15, 0.2) is 0 Å². The Labute approximate surface area is 363 Å². The van der Waals surface area contributed by atoms with Crippen molar-refractivity contribution in [2.24, 2.45) is 0 Å². The predicted octanol–water partition coefficient (Wildman–Crippen LogP) is 13.2. The van der Waals surface area contributed by atoms with Crippen LogP contribution < -0.4 is 4.74 Å². The van der Waals surface area contributed by atoms with Crippen LogP contribution in [-0.4, -0.2) is 19.9 Å². The van der Waals surface area contributed by atoms with Gasteiger partial charge >= 0.3 is 21.1 Å². The van der Waals surface area contributed by atoms with Gasteiger partial charge in [-0.1, -0.05) is 142 Å². The Hall–Kier alpha value is -4.99. The van der Waals surface area contributed by atoms with E-state index in [-0.39, 0.29) is 42.7 Å². The number of aromatic nitrogens is 4. The second kappa shape index (κ2) is 13.8. The molecule has 300 valence electrons. The van der Waals surface area contributed by atoms with Gasteiger partial charge in [-0.2, -0.15) is 0 Å². The molecule has 1 aliphatic rings. The molecule has 0 atom stereocenters. The number of hydrogen-bond donors (Lipinski definition) is 0.